The zero-order valence-electron chi connectivity index (χ0n) is 12.1. The molecule has 1 aromatic carbocycles. The van der Waals surface area contributed by atoms with Gasteiger partial charge in [0.1, 0.15) is 11.3 Å². The Balaban J connectivity index is 1.81. The quantitative estimate of drug-likeness (QED) is 0.580. The number of nitrogens with zero attached hydrogens (tertiary/aromatic N) is 3. The van der Waals surface area contributed by atoms with Gasteiger partial charge in [0.15, 0.2) is 0 Å². The van der Waals surface area contributed by atoms with Crippen LogP contribution >= 0.6 is 23.2 Å². The molecule has 5 nitrogen and oxygen atoms in total. The minimum absolute atomic E-state index is 0.345. The molecule has 0 aliphatic rings. The predicted molar refractivity (Wildman–Crippen MR) is 91.5 cm³/mol. The number of rotatable bonds is 3. The molecule has 0 aliphatic carbocycles. The molecule has 116 valence electrons. The highest BCUT2D eigenvalue weighted by atomic mass is 35.5. The SMILES string of the molecule is Cc1nc2ccccn2c1C(=O)NN=Cc1ccc(Cl)cc1Cl. The highest BCUT2D eigenvalue weighted by Gasteiger charge is 2.15. The third-order valence-electron chi connectivity index (χ3n) is 3.25. The van der Waals surface area contributed by atoms with Gasteiger partial charge in [-0.05, 0) is 31.2 Å². The predicted octanol–water partition coefficient (Wildman–Crippen LogP) is 3.71. The van der Waals surface area contributed by atoms with Gasteiger partial charge in [0, 0.05) is 16.8 Å². The van der Waals surface area contributed by atoms with Crippen LogP contribution in [0.3, 0.4) is 0 Å². The summed E-state index contributed by atoms with van der Waals surface area (Å²) < 4.78 is 1.72. The molecule has 0 spiro atoms. The second-order valence-corrected chi connectivity index (χ2v) is 5.68. The lowest BCUT2D eigenvalue weighted by atomic mass is 10.2. The van der Waals surface area contributed by atoms with E-state index in [0.717, 1.165) is 0 Å². The van der Waals surface area contributed by atoms with Crippen LogP contribution in [0.2, 0.25) is 10.0 Å². The summed E-state index contributed by atoms with van der Waals surface area (Å²) in [4.78, 5) is 16.7. The first-order valence-corrected chi connectivity index (χ1v) is 7.54. The van der Waals surface area contributed by atoms with Crippen LogP contribution < -0.4 is 5.43 Å². The first-order chi connectivity index (χ1) is 11.1. The molecule has 0 atom stereocenters. The van der Waals surface area contributed by atoms with Crippen LogP contribution in [0.4, 0.5) is 0 Å². The number of halogens is 2. The molecule has 0 fully saturated rings. The third-order valence-corrected chi connectivity index (χ3v) is 3.81. The maximum absolute atomic E-state index is 12.3. The molecule has 1 N–H and O–H groups in total. The van der Waals surface area contributed by atoms with Gasteiger partial charge in [-0.25, -0.2) is 10.4 Å². The number of amides is 1. The fraction of sp³-hybridized carbons (Fsp3) is 0.0625. The van der Waals surface area contributed by atoms with Crippen LogP contribution in [-0.4, -0.2) is 21.5 Å². The van der Waals surface area contributed by atoms with Crippen molar-refractivity contribution in [3.63, 3.8) is 0 Å². The van der Waals surface area contributed by atoms with Gasteiger partial charge in [-0.3, -0.25) is 9.20 Å². The van der Waals surface area contributed by atoms with Crippen molar-refractivity contribution in [1.29, 1.82) is 0 Å². The van der Waals surface area contributed by atoms with Crippen molar-refractivity contribution in [3.8, 4) is 0 Å². The van der Waals surface area contributed by atoms with Gasteiger partial charge >= 0.3 is 0 Å². The Morgan fingerprint density at radius 3 is 2.91 bits per heavy atom. The number of hydrogen-bond donors (Lipinski definition) is 1. The lowest BCUT2D eigenvalue weighted by Gasteiger charge is -2.02. The second-order valence-electron chi connectivity index (χ2n) is 4.84. The number of carbonyl (C=O) groups excluding carboxylic acids is 1. The van der Waals surface area contributed by atoms with Crippen molar-refractivity contribution < 1.29 is 4.79 Å². The lowest BCUT2D eigenvalue weighted by molar-refractivity contribution is 0.0948. The first-order valence-electron chi connectivity index (χ1n) is 6.78. The van der Waals surface area contributed by atoms with Crippen LogP contribution in [0.5, 0.6) is 0 Å². The van der Waals surface area contributed by atoms with Crippen LogP contribution in [-0.2, 0) is 0 Å². The molecule has 2 heterocycles. The van der Waals surface area contributed by atoms with E-state index in [9.17, 15) is 4.79 Å². The number of benzene rings is 1. The van der Waals surface area contributed by atoms with E-state index in [4.69, 9.17) is 23.2 Å². The van der Waals surface area contributed by atoms with Crippen molar-refractivity contribution in [2.45, 2.75) is 6.92 Å². The molecule has 3 rings (SSSR count). The number of imidazole rings is 1. The number of nitrogens with one attached hydrogen (secondary N) is 1. The van der Waals surface area contributed by atoms with Crippen LogP contribution in [0.1, 0.15) is 21.7 Å². The minimum atomic E-state index is -0.345. The van der Waals surface area contributed by atoms with Gasteiger partial charge in [0.2, 0.25) is 0 Å². The molecule has 1 amide bonds. The zero-order chi connectivity index (χ0) is 16.4. The molecule has 0 unspecified atom stereocenters. The first kappa shape index (κ1) is 15.5. The molecule has 3 aromatic rings. The summed E-state index contributed by atoms with van der Waals surface area (Å²) in [6, 6.07) is 10.6. The van der Waals surface area contributed by atoms with Gasteiger partial charge in [-0.15, -0.1) is 0 Å². The largest absolute Gasteiger partial charge is 0.295 e. The molecule has 0 saturated heterocycles. The fourth-order valence-corrected chi connectivity index (χ4v) is 2.66. The van der Waals surface area contributed by atoms with Gasteiger partial charge in [-0.1, -0.05) is 35.3 Å². The third kappa shape index (κ3) is 3.21. The molecule has 2 aromatic heterocycles. The van der Waals surface area contributed by atoms with Crippen molar-refractivity contribution >= 4 is 41.0 Å². The number of aromatic nitrogens is 2. The smallest absolute Gasteiger partial charge is 0.290 e. The average Bonchev–Trinajstić information content (AvgIpc) is 2.85. The van der Waals surface area contributed by atoms with Crippen molar-refractivity contribution in [2.75, 3.05) is 0 Å². The van der Waals surface area contributed by atoms with Gasteiger partial charge < -0.3 is 0 Å². The van der Waals surface area contributed by atoms with E-state index in [0.29, 0.717) is 32.6 Å². The van der Waals surface area contributed by atoms with E-state index < -0.39 is 0 Å². The van der Waals surface area contributed by atoms with Crippen molar-refractivity contribution in [3.05, 3.63) is 69.6 Å². The summed E-state index contributed by atoms with van der Waals surface area (Å²) in [6.45, 7) is 1.78. The van der Waals surface area contributed by atoms with Gasteiger partial charge in [0.05, 0.1) is 16.9 Å². The summed E-state index contributed by atoms with van der Waals surface area (Å²) in [5, 5.41) is 4.94. The maximum Gasteiger partial charge on any atom is 0.290 e. The maximum atomic E-state index is 12.3. The Morgan fingerprint density at radius 2 is 2.13 bits per heavy atom. The molecule has 0 saturated carbocycles. The second kappa shape index (κ2) is 6.40. The summed E-state index contributed by atoms with van der Waals surface area (Å²) in [6.07, 6.45) is 3.25. The molecular weight excluding hydrogens is 335 g/mol. The molecule has 23 heavy (non-hydrogen) atoms. The Hall–Kier alpha value is -2.37. The highest BCUT2D eigenvalue weighted by molar-refractivity contribution is 6.36. The molecule has 0 aliphatic heterocycles. The number of hydrogen-bond acceptors (Lipinski definition) is 3. The van der Waals surface area contributed by atoms with Gasteiger partial charge in [-0.2, -0.15) is 5.10 Å². The molecular formula is C16H12Cl2N4O. The Morgan fingerprint density at radius 1 is 1.30 bits per heavy atom. The number of fused-ring (bicyclic) bond motifs is 1. The van der Waals surface area contributed by atoms with E-state index in [1.54, 1.807) is 35.7 Å². The monoisotopic (exact) mass is 346 g/mol. The summed E-state index contributed by atoms with van der Waals surface area (Å²) in [7, 11) is 0. The van der Waals surface area contributed by atoms with Crippen LogP contribution in [0.25, 0.3) is 5.65 Å². The van der Waals surface area contributed by atoms with Crippen molar-refractivity contribution in [1.82, 2.24) is 14.8 Å². The summed E-state index contributed by atoms with van der Waals surface area (Å²) in [5.41, 5.74) is 4.93. The average molecular weight is 347 g/mol. The summed E-state index contributed by atoms with van der Waals surface area (Å²) in [5.74, 6) is -0.345. The number of aryl methyl sites for hydroxylation is 1. The fourth-order valence-electron chi connectivity index (χ4n) is 2.21. The van der Waals surface area contributed by atoms with E-state index >= 15 is 0 Å². The Kier molecular flexibility index (Phi) is 4.32. The lowest BCUT2D eigenvalue weighted by Crippen LogP contribution is -2.20. The van der Waals surface area contributed by atoms with E-state index in [1.807, 2.05) is 18.2 Å². The van der Waals surface area contributed by atoms with E-state index in [2.05, 4.69) is 15.5 Å². The van der Waals surface area contributed by atoms with E-state index in [-0.39, 0.29) is 5.91 Å². The normalized spacial score (nSPS) is 11.3. The molecule has 0 bridgehead atoms. The van der Waals surface area contributed by atoms with Crippen LogP contribution in [0.15, 0.2) is 47.7 Å². The van der Waals surface area contributed by atoms with Crippen LogP contribution in [0, 0.1) is 6.92 Å². The highest BCUT2D eigenvalue weighted by Crippen LogP contribution is 2.19. The zero-order valence-corrected chi connectivity index (χ0v) is 13.6. The van der Waals surface area contributed by atoms with E-state index in [1.165, 1.54) is 6.21 Å². The van der Waals surface area contributed by atoms with Crippen molar-refractivity contribution in [2.24, 2.45) is 5.10 Å². The minimum Gasteiger partial charge on any atom is -0.295 e. The Labute approximate surface area is 142 Å². The van der Waals surface area contributed by atoms with Gasteiger partial charge in [0.25, 0.3) is 5.91 Å². The molecule has 7 heteroatoms. The molecule has 0 radical (unpaired) electrons. The topological polar surface area (TPSA) is 58.8 Å². The number of carbonyl (C=O) groups is 1. The Bertz CT molecular complexity index is 918. The number of pyridine rings is 1. The standard InChI is InChI=1S/C16H12Cl2N4O/c1-10-15(22-7-3-2-4-14(22)20-10)16(23)21-19-9-11-5-6-12(17)8-13(11)18/h2-9H,1H3,(H,21,23). The summed E-state index contributed by atoms with van der Waals surface area (Å²) >= 11 is 11.9. The number of hydrazone groups is 1.